The van der Waals surface area contributed by atoms with Gasteiger partial charge in [-0.05, 0) is 121 Å². The zero-order valence-corrected chi connectivity index (χ0v) is 39.3. The van der Waals surface area contributed by atoms with Gasteiger partial charge in [0.25, 0.3) is 0 Å². The molecule has 1 saturated heterocycles. The minimum absolute atomic E-state index is 0.0778. The highest BCUT2D eigenvalue weighted by atomic mass is 31.2. The number of fused-ring (bicyclic) bond motifs is 1. The number of hydroxylamine groups is 2. The van der Waals surface area contributed by atoms with Gasteiger partial charge in [0.15, 0.2) is 8.32 Å². The molecule has 0 radical (unpaired) electrons. The molecule has 0 unspecified atom stereocenters. The van der Waals surface area contributed by atoms with Crippen LogP contribution in [0.1, 0.15) is 97.1 Å². The van der Waals surface area contributed by atoms with E-state index in [1.165, 1.54) is 5.56 Å². The summed E-state index contributed by atoms with van der Waals surface area (Å²) in [6, 6.07) is 23.4. The van der Waals surface area contributed by atoms with Crippen LogP contribution in [0.15, 0.2) is 79.0 Å². The number of carbonyl (C=O) groups excluding carboxylic acids is 1. The van der Waals surface area contributed by atoms with Gasteiger partial charge in [0.1, 0.15) is 12.1 Å². The minimum atomic E-state index is -4.15. The second-order valence-electron chi connectivity index (χ2n) is 19.2. The van der Waals surface area contributed by atoms with Crippen LogP contribution in [-0.4, -0.2) is 66.9 Å². The predicted octanol–water partition coefficient (Wildman–Crippen LogP) is 10.5. The molecule has 0 saturated carbocycles. The van der Waals surface area contributed by atoms with E-state index in [1.54, 1.807) is 46.6 Å². The second-order valence-corrected chi connectivity index (χ2v) is 25.5. The molecule has 1 aliphatic rings. The van der Waals surface area contributed by atoms with Crippen molar-refractivity contribution in [2.24, 2.45) is 5.92 Å². The predicted molar refractivity (Wildman–Crippen MR) is 239 cm³/mol. The van der Waals surface area contributed by atoms with Crippen LogP contribution in [0.3, 0.4) is 0 Å². The van der Waals surface area contributed by atoms with Gasteiger partial charge in [-0.3, -0.25) is 23.2 Å². The lowest BCUT2D eigenvalue weighted by molar-refractivity contribution is -0.190. The number of rotatable bonds is 14. The highest BCUT2D eigenvalue weighted by Gasteiger charge is 2.52. The smallest absolute Gasteiger partial charge is 0.411 e. The fourth-order valence-electron chi connectivity index (χ4n) is 6.82. The van der Waals surface area contributed by atoms with E-state index in [4.69, 9.17) is 22.8 Å². The lowest BCUT2D eigenvalue weighted by atomic mass is 9.92. The SMILES string of the molecule is Cc1ccc(C#Cc2ccc(CN3O[C@@H]([C@H](C)O[Si](C)(C)C(C)(C)C)[C@@H](COP(=O)(OC(C)(C)C)OC(C)(C)C)[C@H]3C(=O)NCCc3c[nH]c4ccccc34)cc2)cc1. The number of amides is 1. The lowest BCUT2D eigenvalue weighted by Crippen LogP contribution is -2.50. The van der Waals surface area contributed by atoms with Crippen molar-refractivity contribution in [3.63, 3.8) is 0 Å². The first-order chi connectivity index (χ1) is 27.4. The van der Waals surface area contributed by atoms with Crippen molar-refractivity contribution in [1.29, 1.82) is 0 Å². The Kier molecular flexibility index (Phi) is 14.7. The quantitative estimate of drug-likeness (QED) is 0.0733. The van der Waals surface area contributed by atoms with Crippen LogP contribution in [-0.2, 0) is 45.2 Å². The molecule has 0 aliphatic carbocycles. The number of para-hydroxylation sites is 1. The van der Waals surface area contributed by atoms with Gasteiger partial charge in [-0.15, -0.1) is 0 Å². The van der Waals surface area contributed by atoms with Crippen LogP contribution in [0, 0.1) is 24.7 Å². The van der Waals surface area contributed by atoms with Crippen molar-refractivity contribution < 1.29 is 32.2 Å². The number of benzene rings is 3. The number of aryl methyl sites for hydroxylation is 1. The molecule has 5 rings (SSSR count). The van der Waals surface area contributed by atoms with Gasteiger partial charge in [0, 0.05) is 40.7 Å². The van der Waals surface area contributed by atoms with E-state index in [9.17, 15) is 9.36 Å². The summed E-state index contributed by atoms with van der Waals surface area (Å²) in [5, 5.41) is 5.99. The average Bonchev–Trinajstić information content (AvgIpc) is 3.70. The van der Waals surface area contributed by atoms with E-state index in [2.05, 4.69) is 81.1 Å². The molecule has 3 aromatic carbocycles. The Morgan fingerprint density at radius 2 is 1.47 bits per heavy atom. The first-order valence-corrected chi connectivity index (χ1v) is 25.1. The van der Waals surface area contributed by atoms with Crippen molar-refractivity contribution in [2.75, 3.05) is 13.2 Å². The molecule has 12 heteroatoms. The zero-order chi connectivity index (χ0) is 43.4. The number of aromatic nitrogens is 1. The van der Waals surface area contributed by atoms with Crippen LogP contribution in [0.5, 0.6) is 0 Å². The number of phosphoric ester groups is 1. The average molecular weight is 844 g/mol. The van der Waals surface area contributed by atoms with Crippen molar-refractivity contribution in [1.82, 2.24) is 15.4 Å². The van der Waals surface area contributed by atoms with Crippen molar-refractivity contribution in [3.8, 4) is 11.8 Å². The standard InChI is InChI=1S/C47H66N3O7PSi/c1-33-18-20-35(21-19-33)22-23-36-24-26-37(27-25-36)31-50-42(44(51)48-29-28-38-30-49-41-17-15-14-16-39(38)41)40(43(54-50)34(2)55-59(12,13)47(9,10)11)32-53-58(52,56-45(3,4)5)57-46(6,7)8/h14-21,24-27,30,34,40,42-43,49H,28-29,31-32H2,1-13H3,(H,48,51)/t34-,40-,42-,43-/m0/s1. The van der Waals surface area contributed by atoms with Gasteiger partial charge in [0.05, 0.1) is 30.5 Å². The summed E-state index contributed by atoms with van der Waals surface area (Å²) in [6.07, 6.45) is 1.54. The number of hydrogen-bond donors (Lipinski definition) is 2. The summed E-state index contributed by atoms with van der Waals surface area (Å²) in [7, 11) is -6.46. The first kappa shape index (κ1) is 46.5. The van der Waals surface area contributed by atoms with Crippen LogP contribution in [0.4, 0.5) is 0 Å². The number of nitrogens with one attached hydrogen (secondary N) is 2. The van der Waals surface area contributed by atoms with Gasteiger partial charge in [-0.1, -0.05) is 80.6 Å². The third-order valence-corrected chi connectivity index (χ3v) is 17.3. The molecule has 4 aromatic rings. The Hall–Kier alpha value is -3.56. The monoisotopic (exact) mass is 843 g/mol. The van der Waals surface area contributed by atoms with E-state index in [1.807, 2.05) is 67.7 Å². The number of hydrogen-bond acceptors (Lipinski definition) is 8. The molecule has 59 heavy (non-hydrogen) atoms. The molecule has 4 atom stereocenters. The molecule has 1 amide bonds. The summed E-state index contributed by atoms with van der Waals surface area (Å²) in [6.45, 7) is 26.4. The van der Waals surface area contributed by atoms with E-state index in [0.29, 0.717) is 19.5 Å². The molecule has 2 N–H and O–H groups in total. The third kappa shape index (κ3) is 13.0. The molecule has 10 nitrogen and oxygen atoms in total. The highest BCUT2D eigenvalue weighted by molar-refractivity contribution is 7.48. The van der Waals surface area contributed by atoms with Crippen molar-refractivity contribution >= 4 is 33.0 Å². The van der Waals surface area contributed by atoms with E-state index in [-0.39, 0.29) is 17.6 Å². The highest BCUT2D eigenvalue weighted by Crippen LogP contribution is 2.56. The molecule has 0 bridgehead atoms. The molecule has 1 fully saturated rings. The summed E-state index contributed by atoms with van der Waals surface area (Å²) >= 11 is 0. The van der Waals surface area contributed by atoms with Crippen molar-refractivity contribution in [3.05, 3.63) is 107 Å². The number of phosphoric acid groups is 1. The van der Waals surface area contributed by atoms with Crippen molar-refractivity contribution in [2.45, 2.75) is 137 Å². The zero-order valence-electron chi connectivity index (χ0n) is 37.4. The second kappa shape index (κ2) is 18.6. The van der Waals surface area contributed by atoms with Gasteiger partial charge < -0.3 is 14.7 Å². The summed E-state index contributed by atoms with van der Waals surface area (Å²) in [5.74, 6) is 5.65. The molecule has 1 aliphatic heterocycles. The maximum atomic E-state index is 14.7. The number of carbonyl (C=O) groups is 1. The Morgan fingerprint density at radius 3 is 2.05 bits per heavy atom. The maximum Gasteiger partial charge on any atom is 0.475 e. The van der Waals surface area contributed by atoms with Crippen LogP contribution in [0.25, 0.3) is 10.9 Å². The lowest BCUT2D eigenvalue weighted by Gasteiger charge is -2.40. The summed E-state index contributed by atoms with van der Waals surface area (Å²) in [5.41, 5.74) is 4.41. The molecule has 0 spiro atoms. The molecular formula is C47H66N3O7PSi. The van der Waals surface area contributed by atoms with Gasteiger partial charge in [-0.25, -0.2) is 4.57 Å². The number of nitrogens with zero attached hydrogens (tertiary/aromatic N) is 1. The number of H-pyrrole nitrogens is 1. The Morgan fingerprint density at radius 1 is 0.898 bits per heavy atom. The largest absolute Gasteiger partial charge is 0.475 e. The Bertz CT molecular complexity index is 2120. The van der Waals surface area contributed by atoms with Crippen LogP contribution < -0.4 is 5.32 Å². The number of aromatic amines is 1. The normalized spacial score (nSPS) is 18.8. The van der Waals surface area contributed by atoms with E-state index < -0.39 is 51.5 Å². The molecule has 320 valence electrons. The van der Waals surface area contributed by atoms with Gasteiger partial charge in [0.2, 0.25) is 5.91 Å². The first-order valence-electron chi connectivity index (χ1n) is 20.7. The Labute approximate surface area is 353 Å². The minimum Gasteiger partial charge on any atom is -0.411 e. The van der Waals surface area contributed by atoms with E-state index in [0.717, 1.165) is 33.2 Å². The van der Waals surface area contributed by atoms with Gasteiger partial charge in [-0.2, -0.15) is 5.06 Å². The maximum absolute atomic E-state index is 14.7. The fourth-order valence-corrected chi connectivity index (χ4v) is 10.1. The molecule has 2 heterocycles. The Balaban J connectivity index is 1.48. The van der Waals surface area contributed by atoms with Crippen LogP contribution in [0.2, 0.25) is 18.1 Å². The van der Waals surface area contributed by atoms with Crippen LogP contribution >= 0.6 is 7.82 Å². The van der Waals surface area contributed by atoms with E-state index >= 15 is 0 Å². The van der Waals surface area contributed by atoms with Gasteiger partial charge >= 0.3 is 7.82 Å². The third-order valence-electron chi connectivity index (χ3n) is 10.7. The molecule has 1 aromatic heterocycles. The fraction of sp³-hybridized carbons (Fsp3) is 0.511. The topological polar surface area (TPSA) is 111 Å². The molecular weight excluding hydrogens is 778 g/mol. The summed E-state index contributed by atoms with van der Waals surface area (Å²) < 4.78 is 39.7. The summed E-state index contributed by atoms with van der Waals surface area (Å²) in [4.78, 5) is 24.8.